The maximum Gasteiger partial charge on any atom is 0.458 e. The SMILES string of the molecule is Cc1ccccc1OC(=O)N=NC(=O)O[Si](C(C)(C)C)(C(C)(C)C)C(C)(C)C. The minimum absolute atomic E-state index is 0.254. The molecule has 0 spiro atoms. The number of para-hydroxylation sites is 1. The van der Waals surface area contributed by atoms with Gasteiger partial charge in [-0.2, -0.15) is 0 Å². The van der Waals surface area contributed by atoms with Crippen molar-refractivity contribution in [2.24, 2.45) is 10.2 Å². The van der Waals surface area contributed by atoms with Crippen LogP contribution in [0.15, 0.2) is 34.5 Å². The molecule has 7 heteroatoms. The third kappa shape index (κ3) is 5.07. The second-order valence-corrected chi connectivity index (χ2v) is 16.2. The predicted octanol–water partition coefficient (Wildman–Crippen LogP) is 7.43. The van der Waals surface area contributed by atoms with Crippen molar-refractivity contribution in [1.29, 1.82) is 0 Å². The van der Waals surface area contributed by atoms with Crippen LogP contribution in [0.3, 0.4) is 0 Å². The lowest BCUT2D eigenvalue weighted by atomic mass is 10.2. The minimum Gasteiger partial charge on any atom is -0.499 e. The summed E-state index contributed by atoms with van der Waals surface area (Å²) in [6.07, 6.45) is -1.81. The Kier molecular flexibility index (Phi) is 6.99. The van der Waals surface area contributed by atoms with E-state index < -0.39 is 20.5 Å². The highest BCUT2D eigenvalue weighted by Gasteiger charge is 2.64. The van der Waals surface area contributed by atoms with Gasteiger partial charge in [0, 0.05) is 0 Å². The summed E-state index contributed by atoms with van der Waals surface area (Å²) in [5.74, 6) is 0.377. The molecule has 2 amide bonds. The fraction of sp³-hybridized carbons (Fsp3) is 0.619. The molecular formula is C21H34N2O4Si. The Morgan fingerprint density at radius 2 is 1.21 bits per heavy atom. The lowest BCUT2D eigenvalue weighted by Crippen LogP contribution is -2.61. The third-order valence-corrected chi connectivity index (χ3v) is 11.7. The molecule has 28 heavy (non-hydrogen) atoms. The van der Waals surface area contributed by atoms with Crippen LogP contribution in [0.1, 0.15) is 67.9 Å². The first-order chi connectivity index (χ1) is 12.5. The fourth-order valence-corrected chi connectivity index (χ4v) is 12.8. The van der Waals surface area contributed by atoms with Gasteiger partial charge in [-0.15, -0.1) is 0 Å². The van der Waals surface area contributed by atoms with Crippen molar-refractivity contribution in [3.63, 3.8) is 0 Å². The van der Waals surface area contributed by atoms with Crippen molar-refractivity contribution < 1.29 is 18.8 Å². The molecule has 0 radical (unpaired) electrons. The number of benzene rings is 1. The van der Waals surface area contributed by atoms with E-state index in [1.54, 1.807) is 12.1 Å². The number of carbonyl (C=O) groups is 2. The zero-order chi connectivity index (χ0) is 22.0. The molecule has 0 atom stereocenters. The van der Waals surface area contributed by atoms with E-state index in [-0.39, 0.29) is 15.1 Å². The molecule has 0 aliphatic rings. The number of aryl methyl sites for hydroxylation is 1. The summed E-state index contributed by atoms with van der Waals surface area (Å²) < 4.78 is 11.2. The van der Waals surface area contributed by atoms with E-state index in [4.69, 9.17) is 9.16 Å². The average Bonchev–Trinajstić information content (AvgIpc) is 2.49. The molecule has 156 valence electrons. The largest absolute Gasteiger partial charge is 0.499 e. The van der Waals surface area contributed by atoms with Gasteiger partial charge in [0.25, 0.3) is 8.32 Å². The highest BCUT2D eigenvalue weighted by molar-refractivity contribution is 6.83. The minimum atomic E-state index is -2.77. The fourth-order valence-electron chi connectivity index (χ4n) is 4.85. The smallest absolute Gasteiger partial charge is 0.458 e. The van der Waals surface area contributed by atoms with Gasteiger partial charge in [-0.05, 0) is 33.7 Å². The lowest BCUT2D eigenvalue weighted by molar-refractivity contribution is 0.189. The zero-order valence-electron chi connectivity index (χ0n) is 18.8. The number of hydrogen-bond donors (Lipinski definition) is 0. The van der Waals surface area contributed by atoms with E-state index in [1.165, 1.54) is 0 Å². The van der Waals surface area contributed by atoms with E-state index in [1.807, 2.05) is 19.1 Å². The van der Waals surface area contributed by atoms with Crippen LogP contribution < -0.4 is 4.74 Å². The number of hydrogen-bond acceptors (Lipinski definition) is 4. The van der Waals surface area contributed by atoms with Crippen molar-refractivity contribution >= 4 is 20.5 Å². The van der Waals surface area contributed by atoms with E-state index in [0.29, 0.717) is 5.75 Å². The van der Waals surface area contributed by atoms with E-state index >= 15 is 0 Å². The summed E-state index contributed by atoms with van der Waals surface area (Å²) in [6.45, 7) is 20.6. The molecule has 0 aromatic heterocycles. The molecular weight excluding hydrogens is 372 g/mol. The van der Waals surface area contributed by atoms with Gasteiger partial charge in [-0.25, -0.2) is 9.59 Å². The average molecular weight is 407 g/mol. The number of nitrogens with zero attached hydrogens (tertiary/aromatic N) is 2. The van der Waals surface area contributed by atoms with Gasteiger partial charge in [0.05, 0.1) is 0 Å². The van der Waals surface area contributed by atoms with Gasteiger partial charge in [0.2, 0.25) is 0 Å². The second-order valence-electron chi connectivity index (χ2n) is 10.1. The van der Waals surface area contributed by atoms with Crippen LogP contribution in [-0.4, -0.2) is 20.5 Å². The maximum absolute atomic E-state index is 12.6. The highest BCUT2D eigenvalue weighted by atomic mass is 28.4. The molecule has 1 rings (SSSR count). The quantitative estimate of drug-likeness (QED) is 0.378. The Hall–Kier alpha value is -2.02. The van der Waals surface area contributed by atoms with Crippen molar-refractivity contribution in [3.8, 4) is 5.75 Å². The molecule has 1 aromatic carbocycles. The Labute approximate surface area is 169 Å². The van der Waals surface area contributed by atoms with Gasteiger partial charge >= 0.3 is 12.2 Å². The predicted molar refractivity (Wildman–Crippen MR) is 113 cm³/mol. The highest BCUT2D eigenvalue weighted by Crippen LogP contribution is 2.62. The van der Waals surface area contributed by atoms with Crippen molar-refractivity contribution in [1.82, 2.24) is 0 Å². The molecule has 1 aromatic rings. The summed E-state index contributed by atoms with van der Waals surface area (Å²) in [5.41, 5.74) is 0.785. The van der Waals surface area contributed by atoms with Crippen molar-refractivity contribution in [3.05, 3.63) is 29.8 Å². The van der Waals surface area contributed by atoms with Gasteiger partial charge in [-0.3, -0.25) is 0 Å². The normalized spacial score (nSPS) is 13.5. The van der Waals surface area contributed by atoms with Crippen LogP contribution in [0.2, 0.25) is 15.1 Å². The number of amides is 2. The van der Waals surface area contributed by atoms with Crippen LogP contribution in [0.4, 0.5) is 9.59 Å². The van der Waals surface area contributed by atoms with Crippen LogP contribution >= 0.6 is 0 Å². The van der Waals surface area contributed by atoms with E-state index in [2.05, 4.69) is 72.5 Å². The number of ether oxygens (including phenoxy) is 1. The number of rotatable bonds is 2. The van der Waals surface area contributed by atoms with Crippen molar-refractivity contribution in [2.45, 2.75) is 84.4 Å². The first-order valence-electron chi connectivity index (χ1n) is 9.45. The molecule has 0 fully saturated rings. The van der Waals surface area contributed by atoms with Gasteiger partial charge in [-0.1, -0.05) is 90.7 Å². The Morgan fingerprint density at radius 1 is 0.786 bits per heavy atom. The third-order valence-electron chi connectivity index (χ3n) is 4.91. The van der Waals surface area contributed by atoms with Crippen LogP contribution in [0.25, 0.3) is 0 Å². The van der Waals surface area contributed by atoms with Crippen LogP contribution in [0.5, 0.6) is 5.75 Å². The van der Waals surface area contributed by atoms with E-state index in [0.717, 1.165) is 5.56 Å². The van der Waals surface area contributed by atoms with Gasteiger partial charge in [0.1, 0.15) is 5.75 Å². The molecule has 0 saturated carbocycles. The molecule has 0 aliphatic heterocycles. The Bertz CT molecular complexity index is 717. The van der Waals surface area contributed by atoms with Crippen LogP contribution in [-0.2, 0) is 4.43 Å². The summed E-state index contributed by atoms with van der Waals surface area (Å²) in [4.78, 5) is 24.5. The summed E-state index contributed by atoms with van der Waals surface area (Å²) in [7, 11) is -2.77. The topological polar surface area (TPSA) is 77.3 Å². The monoisotopic (exact) mass is 406 g/mol. The lowest BCUT2D eigenvalue weighted by Gasteiger charge is -2.56. The standard InChI is InChI=1S/C21H34N2O4Si/c1-15-13-11-12-14-16(15)26-17(24)22-23-18(25)27-28(19(2,3)4,20(5,6)7)21(8,9)10/h11-14H,1-10H3. The first kappa shape index (κ1) is 24.0. The number of azo groups is 1. The second kappa shape index (κ2) is 8.15. The zero-order valence-corrected chi connectivity index (χ0v) is 19.8. The summed E-state index contributed by atoms with van der Waals surface area (Å²) >= 11 is 0. The van der Waals surface area contributed by atoms with E-state index in [9.17, 15) is 9.59 Å². The van der Waals surface area contributed by atoms with Crippen molar-refractivity contribution in [2.75, 3.05) is 0 Å². The molecule has 0 bridgehead atoms. The Morgan fingerprint density at radius 3 is 1.64 bits per heavy atom. The summed E-state index contributed by atoms with van der Waals surface area (Å²) in [6, 6.07) is 7.04. The molecule has 0 heterocycles. The Balaban J connectivity index is 3.08. The molecule has 0 N–H and O–H groups in total. The van der Waals surface area contributed by atoms with Crippen LogP contribution in [0, 0.1) is 6.92 Å². The molecule has 0 saturated heterocycles. The first-order valence-corrected chi connectivity index (χ1v) is 11.4. The molecule has 0 aliphatic carbocycles. The van der Waals surface area contributed by atoms with Gasteiger partial charge < -0.3 is 9.16 Å². The number of carbonyl (C=O) groups excluding carboxylic acids is 2. The maximum atomic E-state index is 12.6. The molecule has 0 unspecified atom stereocenters. The summed E-state index contributed by atoms with van der Waals surface area (Å²) in [5, 5.41) is 6.14. The van der Waals surface area contributed by atoms with Gasteiger partial charge in [0.15, 0.2) is 0 Å². The molecule has 6 nitrogen and oxygen atoms in total.